The van der Waals surface area contributed by atoms with Gasteiger partial charge in [0.25, 0.3) is 5.69 Å². The fourth-order valence-electron chi connectivity index (χ4n) is 5.65. The monoisotopic (exact) mass is 483 g/mol. The van der Waals surface area contributed by atoms with Gasteiger partial charge in [0.2, 0.25) is 11.8 Å². The first-order valence-corrected chi connectivity index (χ1v) is 11.3. The minimum absolute atomic E-state index is 0.0846. The number of anilines is 1. The number of rotatable bonds is 4. The van der Waals surface area contributed by atoms with Gasteiger partial charge >= 0.3 is 0 Å². The molecule has 0 aromatic heterocycles. The summed E-state index contributed by atoms with van der Waals surface area (Å²) in [5, 5.41) is 11.3. The van der Waals surface area contributed by atoms with Crippen LogP contribution in [-0.2, 0) is 9.59 Å². The lowest BCUT2D eigenvalue weighted by Gasteiger charge is -2.35. The van der Waals surface area contributed by atoms with Gasteiger partial charge in [-0.05, 0) is 41.5 Å². The fourth-order valence-corrected chi connectivity index (χ4v) is 5.65. The van der Waals surface area contributed by atoms with E-state index < -0.39 is 52.3 Å². The summed E-state index contributed by atoms with van der Waals surface area (Å²) >= 11 is 0. The van der Waals surface area contributed by atoms with Crippen molar-refractivity contribution in [3.05, 3.63) is 112 Å². The van der Waals surface area contributed by atoms with Crippen molar-refractivity contribution in [2.75, 3.05) is 4.90 Å². The Hall–Kier alpha value is -4.66. The van der Waals surface area contributed by atoms with E-state index in [1.165, 1.54) is 48.5 Å². The minimum Gasteiger partial charge on any atom is -0.358 e. The topological polar surface area (TPSA) is 101 Å². The van der Waals surface area contributed by atoms with Crippen LogP contribution in [0, 0.1) is 27.8 Å². The van der Waals surface area contributed by atoms with Crippen LogP contribution in [0.2, 0.25) is 0 Å². The molecule has 0 radical (unpaired) electrons. The van der Waals surface area contributed by atoms with Crippen molar-refractivity contribution in [2.45, 2.75) is 12.1 Å². The third-order valence-electron chi connectivity index (χ3n) is 7.16. The molecule has 0 N–H and O–H groups in total. The van der Waals surface area contributed by atoms with Crippen molar-refractivity contribution < 1.29 is 23.7 Å². The lowest BCUT2D eigenvalue weighted by atomic mass is 9.83. The quantitative estimate of drug-likeness (QED) is 0.239. The minimum atomic E-state index is -1.05. The van der Waals surface area contributed by atoms with E-state index in [9.17, 15) is 28.9 Å². The molecule has 0 spiro atoms. The molecule has 3 heterocycles. The third kappa shape index (κ3) is 3.09. The first-order valence-electron chi connectivity index (χ1n) is 11.3. The largest absolute Gasteiger partial charge is 0.358 e. The molecule has 2 fully saturated rings. The summed E-state index contributed by atoms with van der Waals surface area (Å²) in [6.45, 7) is 0. The number of halogens is 1. The van der Waals surface area contributed by atoms with Crippen molar-refractivity contribution >= 4 is 35.0 Å². The second-order valence-corrected chi connectivity index (χ2v) is 8.99. The standard InChI is InChI=1S/C27H18FN3O5/c28-17-8-10-18(11-9-17)30-26(33)21-22(27(30)34)24(25(32)16-5-3-6-19(14-16)31(35)36)29-13-12-15-4-1-2-7-20(15)23(21)29/h1-14,21-24H/t21-,22-,23-,24+/m1/s1. The molecule has 3 aromatic rings. The molecule has 178 valence electrons. The van der Waals surface area contributed by atoms with E-state index in [-0.39, 0.29) is 16.9 Å². The highest BCUT2D eigenvalue weighted by Crippen LogP contribution is 2.53. The maximum atomic E-state index is 13.8. The Bertz CT molecular complexity index is 1480. The highest BCUT2D eigenvalue weighted by atomic mass is 19.1. The zero-order valence-electron chi connectivity index (χ0n) is 18.7. The first-order chi connectivity index (χ1) is 17.4. The van der Waals surface area contributed by atoms with Crippen LogP contribution in [0.25, 0.3) is 6.08 Å². The summed E-state index contributed by atoms with van der Waals surface area (Å²) in [5.41, 5.74) is 1.76. The number of nitro groups is 1. The normalized spacial score (nSPS) is 23.9. The van der Waals surface area contributed by atoms with Crippen LogP contribution in [0.5, 0.6) is 0 Å². The summed E-state index contributed by atoms with van der Waals surface area (Å²) in [6.07, 6.45) is 3.54. The SMILES string of the molecule is O=C(c1cccc([N+](=O)[O-])c1)[C@@H]1[C@@H]2C(=O)N(c3ccc(F)cc3)C(=O)[C@H]2[C@H]2c3ccccc3C=CN12. The van der Waals surface area contributed by atoms with Crippen LogP contribution < -0.4 is 4.90 Å². The molecule has 0 unspecified atom stereocenters. The molecule has 6 rings (SSSR count). The maximum Gasteiger partial charge on any atom is 0.270 e. The van der Waals surface area contributed by atoms with Gasteiger partial charge in [0.1, 0.15) is 11.9 Å². The molecule has 0 bridgehead atoms. The molecule has 4 atom stereocenters. The number of carbonyl (C=O) groups is 3. The number of Topliss-reactive ketones (excluding diaryl/α,β-unsaturated/α-hetero) is 1. The zero-order chi connectivity index (χ0) is 25.1. The predicted molar refractivity (Wildman–Crippen MR) is 127 cm³/mol. The smallest absolute Gasteiger partial charge is 0.270 e. The molecule has 3 aromatic carbocycles. The molecule has 2 saturated heterocycles. The van der Waals surface area contributed by atoms with Gasteiger partial charge in [-0.2, -0.15) is 0 Å². The van der Waals surface area contributed by atoms with Gasteiger partial charge < -0.3 is 4.90 Å². The van der Waals surface area contributed by atoms with E-state index in [0.717, 1.165) is 16.0 Å². The molecule has 36 heavy (non-hydrogen) atoms. The average Bonchev–Trinajstić information content (AvgIpc) is 3.37. The van der Waals surface area contributed by atoms with Gasteiger partial charge in [-0.15, -0.1) is 0 Å². The van der Waals surface area contributed by atoms with Crippen LogP contribution in [0.15, 0.2) is 79.0 Å². The number of ketones is 1. The Kier molecular flexibility index (Phi) is 4.82. The molecule has 8 nitrogen and oxygen atoms in total. The fraction of sp³-hybridized carbons (Fsp3) is 0.148. The molecule has 3 aliphatic rings. The van der Waals surface area contributed by atoms with Crippen LogP contribution >= 0.6 is 0 Å². The second kappa shape index (κ2) is 7.94. The molecule has 0 aliphatic carbocycles. The van der Waals surface area contributed by atoms with E-state index in [2.05, 4.69) is 0 Å². The van der Waals surface area contributed by atoms with Gasteiger partial charge in [0, 0.05) is 23.9 Å². The number of nitrogens with zero attached hydrogens (tertiary/aromatic N) is 3. The van der Waals surface area contributed by atoms with Gasteiger partial charge in [-0.1, -0.05) is 36.4 Å². The molecule has 3 aliphatic heterocycles. The van der Waals surface area contributed by atoms with Crippen molar-refractivity contribution in [2.24, 2.45) is 11.8 Å². The number of fused-ring (bicyclic) bond motifs is 5. The average molecular weight is 483 g/mol. The maximum absolute atomic E-state index is 13.8. The molecular formula is C27H18FN3O5. The summed E-state index contributed by atoms with van der Waals surface area (Å²) < 4.78 is 13.5. The Balaban J connectivity index is 1.49. The van der Waals surface area contributed by atoms with Crippen molar-refractivity contribution in [3.63, 3.8) is 0 Å². The number of amides is 2. The van der Waals surface area contributed by atoms with Crippen LogP contribution in [-0.4, -0.2) is 33.5 Å². The third-order valence-corrected chi connectivity index (χ3v) is 7.16. The van der Waals surface area contributed by atoms with E-state index in [1.54, 1.807) is 11.1 Å². The van der Waals surface area contributed by atoms with Gasteiger partial charge in [0.05, 0.1) is 28.5 Å². The number of nitro benzene ring substituents is 1. The Morgan fingerprint density at radius 3 is 2.39 bits per heavy atom. The molecular weight excluding hydrogens is 465 g/mol. The summed E-state index contributed by atoms with van der Waals surface area (Å²) in [4.78, 5) is 54.8. The van der Waals surface area contributed by atoms with Gasteiger partial charge in [-0.25, -0.2) is 9.29 Å². The number of hydrogen-bond donors (Lipinski definition) is 0. The van der Waals surface area contributed by atoms with Gasteiger partial charge in [-0.3, -0.25) is 24.5 Å². The summed E-state index contributed by atoms with van der Waals surface area (Å²) in [5.74, 6) is -3.89. The molecule has 2 amide bonds. The van der Waals surface area contributed by atoms with Gasteiger partial charge in [0.15, 0.2) is 5.78 Å². The highest BCUT2D eigenvalue weighted by Gasteiger charge is 2.64. The lowest BCUT2D eigenvalue weighted by molar-refractivity contribution is -0.384. The summed E-state index contributed by atoms with van der Waals surface area (Å²) in [7, 11) is 0. The number of hydrogen-bond acceptors (Lipinski definition) is 6. The van der Waals surface area contributed by atoms with Crippen molar-refractivity contribution in [3.8, 4) is 0 Å². The van der Waals surface area contributed by atoms with Crippen LogP contribution in [0.1, 0.15) is 27.5 Å². The Morgan fingerprint density at radius 1 is 0.917 bits per heavy atom. The van der Waals surface area contributed by atoms with Crippen molar-refractivity contribution in [1.29, 1.82) is 0 Å². The number of imide groups is 1. The van der Waals surface area contributed by atoms with E-state index >= 15 is 0 Å². The summed E-state index contributed by atoms with van der Waals surface area (Å²) in [6, 6.07) is 16.2. The zero-order valence-corrected chi connectivity index (χ0v) is 18.7. The number of non-ortho nitro benzene ring substituents is 1. The van der Waals surface area contributed by atoms with Crippen molar-refractivity contribution in [1.82, 2.24) is 4.90 Å². The van der Waals surface area contributed by atoms with Crippen LogP contribution in [0.3, 0.4) is 0 Å². The number of benzene rings is 3. The number of carbonyl (C=O) groups excluding carboxylic acids is 3. The highest BCUT2D eigenvalue weighted by molar-refractivity contribution is 6.24. The Morgan fingerprint density at radius 2 is 1.64 bits per heavy atom. The first kappa shape index (κ1) is 21.8. The predicted octanol–water partition coefficient (Wildman–Crippen LogP) is 4.13. The second-order valence-electron chi connectivity index (χ2n) is 8.99. The van der Waals surface area contributed by atoms with Crippen LogP contribution in [0.4, 0.5) is 15.8 Å². The van der Waals surface area contributed by atoms with E-state index in [1.807, 2.05) is 30.3 Å². The molecule has 9 heteroatoms. The van der Waals surface area contributed by atoms with E-state index in [4.69, 9.17) is 0 Å². The Labute approximate surface area is 204 Å². The van der Waals surface area contributed by atoms with E-state index in [0.29, 0.717) is 0 Å². The lowest BCUT2D eigenvalue weighted by Crippen LogP contribution is -2.44. The molecule has 0 saturated carbocycles.